The summed E-state index contributed by atoms with van der Waals surface area (Å²) in [6, 6.07) is 0. The third kappa shape index (κ3) is 1.71. The van der Waals surface area contributed by atoms with Gasteiger partial charge in [0.2, 0.25) is 0 Å². The van der Waals surface area contributed by atoms with E-state index in [4.69, 9.17) is 14.2 Å². The van der Waals surface area contributed by atoms with Crippen molar-refractivity contribution in [1.82, 2.24) is 0 Å². The molecule has 144 valence electrons. The van der Waals surface area contributed by atoms with Gasteiger partial charge in [0.05, 0.1) is 23.7 Å². The topological polar surface area (TPSA) is 82.1 Å². The fourth-order valence-corrected chi connectivity index (χ4v) is 7.41. The van der Waals surface area contributed by atoms with E-state index in [0.717, 1.165) is 25.7 Å². The molecule has 3 aliphatic heterocycles. The van der Waals surface area contributed by atoms with Gasteiger partial charge in [-0.05, 0) is 44.9 Å². The normalized spacial score (nSPS) is 55.7. The van der Waals surface area contributed by atoms with Crippen molar-refractivity contribution in [1.29, 1.82) is 0 Å². The average Bonchev–Trinajstić information content (AvgIpc) is 3.16. The summed E-state index contributed by atoms with van der Waals surface area (Å²) in [4.78, 5) is 25.1. The van der Waals surface area contributed by atoms with Crippen molar-refractivity contribution in [2.24, 2.45) is 22.7 Å². The van der Waals surface area contributed by atoms with Gasteiger partial charge in [-0.1, -0.05) is 13.3 Å². The smallest absolute Gasteiger partial charge is 0.338 e. The number of carbonyl (C=O) groups is 2. The predicted molar refractivity (Wildman–Crippen MR) is 90.0 cm³/mol. The van der Waals surface area contributed by atoms with Gasteiger partial charge in [-0.3, -0.25) is 4.79 Å². The van der Waals surface area contributed by atoms with Crippen LogP contribution in [0.2, 0.25) is 0 Å². The molecule has 0 aromatic carbocycles. The summed E-state index contributed by atoms with van der Waals surface area (Å²) >= 11 is 0. The molecule has 0 radical (unpaired) electrons. The lowest BCUT2D eigenvalue weighted by atomic mass is 9.42. The van der Waals surface area contributed by atoms with Gasteiger partial charge in [0, 0.05) is 17.8 Å². The maximum absolute atomic E-state index is 12.7. The molecule has 6 heteroatoms. The lowest BCUT2D eigenvalue weighted by Crippen LogP contribution is -2.73. The Morgan fingerprint density at radius 2 is 1.85 bits per heavy atom. The quantitative estimate of drug-likeness (QED) is 0.662. The molecule has 7 atom stereocenters. The molecule has 1 N–H and O–H groups in total. The third-order valence-electron chi connectivity index (χ3n) is 8.54. The number of rotatable bonds is 0. The molecule has 26 heavy (non-hydrogen) atoms. The van der Waals surface area contributed by atoms with E-state index in [1.165, 1.54) is 0 Å². The van der Waals surface area contributed by atoms with E-state index >= 15 is 0 Å². The maximum atomic E-state index is 12.7. The Balaban J connectivity index is 1.64. The summed E-state index contributed by atoms with van der Waals surface area (Å²) in [7, 11) is 0. The number of esters is 2. The first-order valence-electron chi connectivity index (χ1n) is 10.0. The average molecular weight is 364 g/mol. The maximum Gasteiger partial charge on any atom is 0.338 e. The summed E-state index contributed by atoms with van der Waals surface area (Å²) in [6.07, 6.45) is 4.61. The number of aliphatic hydroxyl groups excluding tert-OH is 1. The molecule has 2 aliphatic carbocycles. The highest BCUT2D eigenvalue weighted by Crippen LogP contribution is 2.70. The fourth-order valence-electron chi connectivity index (χ4n) is 7.41. The highest BCUT2D eigenvalue weighted by Gasteiger charge is 2.76. The fraction of sp³-hybridized carbons (Fsp3) is 0.900. The first-order valence-corrected chi connectivity index (χ1v) is 10.0. The molecule has 5 rings (SSSR count). The van der Waals surface area contributed by atoms with Crippen molar-refractivity contribution in [2.75, 3.05) is 13.2 Å². The molecule has 6 nitrogen and oxygen atoms in total. The Morgan fingerprint density at radius 3 is 2.58 bits per heavy atom. The van der Waals surface area contributed by atoms with Crippen molar-refractivity contribution < 1.29 is 28.9 Å². The number of aliphatic hydroxyl groups is 1. The molecule has 2 spiro atoms. The lowest BCUT2D eigenvalue weighted by molar-refractivity contribution is -0.302. The molecular weight excluding hydrogens is 336 g/mol. The minimum absolute atomic E-state index is 0.0978. The lowest BCUT2D eigenvalue weighted by Gasteiger charge is -2.67. The van der Waals surface area contributed by atoms with Gasteiger partial charge < -0.3 is 19.3 Å². The molecule has 2 unspecified atom stereocenters. The van der Waals surface area contributed by atoms with Crippen LogP contribution in [-0.4, -0.2) is 47.6 Å². The Hall–Kier alpha value is -1.14. The van der Waals surface area contributed by atoms with Crippen LogP contribution in [0, 0.1) is 22.7 Å². The van der Waals surface area contributed by atoms with Crippen LogP contribution in [0.3, 0.4) is 0 Å². The van der Waals surface area contributed by atoms with E-state index < -0.39 is 28.1 Å². The van der Waals surface area contributed by atoms with Gasteiger partial charge in [-0.15, -0.1) is 0 Å². The van der Waals surface area contributed by atoms with Gasteiger partial charge in [0.1, 0.15) is 6.61 Å². The van der Waals surface area contributed by atoms with Crippen LogP contribution >= 0.6 is 0 Å². The SMILES string of the molecule is C[C@@H]1C[C@@H](O)C2[C@]3(CCC[C@@]2(C)C(=O)OC3)[C@@]12CCC1(CCOC1=O)O2. The number of hydrogen-bond donors (Lipinski definition) is 1. The number of ether oxygens (including phenoxy) is 3. The van der Waals surface area contributed by atoms with Crippen molar-refractivity contribution in [3.63, 3.8) is 0 Å². The predicted octanol–water partition coefficient (Wildman–Crippen LogP) is 1.97. The minimum atomic E-state index is -0.842. The Bertz CT molecular complexity index is 677. The molecule has 0 amide bonds. The van der Waals surface area contributed by atoms with Gasteiger partial charge in [-0.2, -0.15) is 0 Å². The molecule has 3 saturated heterocycles. The van der Waals surface area contributed by atoms with Crippen LogP contribution in [0.1, 0.15) is 58.8 Å². The first-order chi connectivity index (χ1) is 12.3. The van der Waals surface area contributed by atoms with Crippen LogP contribution in [-0.2, 0) is 23.8 Å². The van der Waals surface area contributed by atoms with Gasteiger partial charge in [0.25, 0.3) is 0 Å². The highest BCUT2D eigenvalue weighted by atomic mass is 16.6. The van der Waals surface area contributed by atoms with Crippen molar-refractivity contribution in [3.05, 3.63) is 0 Å². The van der Waals surface area contributed by atoms with Crippen LogP contribution < -0.4 is 0 Å². The summed E-state index contributed by atoms with van der Waals surface area (Å²) in [5.41, 5.74) is -2.47. The van der Waals surface area contributed by atoms with Gasteiger partial charge >= 0.3 is 11.9 Å². The molecule has 2 bridgehead atoms. The minimum Gasteiger partial charge on any atom is -0.465 e. The largest absolute Gasteiger partial charge is 0.465 e. The second-order valence-electron chi connectivity index (χ2n) is 9.56. The van der Waals surface area contributed by atoms with Crippen molar-refractivity contribution >= 4 is 11.9 Å². The Morgan fingerprint density at radius 1 is 1.04 bits per heavy atom. The van der Waals surface area contributed by atoms with Crippen LogP contribution in [0.25, 0.3) is 0 Å². The third-order valence-corrected chi connectivity index (χ3v) is 8.54. The molecule has 3 heterocycles. The summed E-state index contributed by atoms with van der Waals surface area (Å²) in [6.45, 7) is 4.78. The molecule has 0 aromatic heterocycles. The second-order valence-corrected chi connectivity index (χ2v) is 9.56. The van der Waals surface area contributed by atoms with Crippen LogP contribution in [0.5, 0.6) is 0 Å². The highest BCUT2D eigenvalue weighted by molar-refractivity contribution is 5.82. The zero-order chi connectivity index (χ0) is 18.4. The summed E-state index contributed by atoms with van der Waals surface area (Å²) < 4.78 is 17.7. The van der Waals surface area contributed by atoms with Crippen LogP contribution in [0.15, 0.2) is 0 Å². The van der Waals surface area contributed by atoms with Crippen LogP contribution in [0.4, 0.5) is 0 Å². The van der Waals surface area contributed by atoms with E-state index in [-0.39, 0.29) is 23.8 Å². The Kier molecular flexibility index (Phi) is 3.28. The van der Waals surface area contributed by atoms with Gasteiger partial charge in [0.15, 0.2) is 5.60 Å². The standard InChI is InChI=1S/C20H28O6/c1-12-10-13(21)14-17(2)4-3-5-18(14,11-25-15(17)22)20(12)7-6-19(26-20)8-9-24-16(19)23/h12-14,21H,3-11H2,1-2H3/t12-,13-,14?,17-,18-,19?,20-/m1/s1. The van der Waals surface area contributed by atoms with E-state index in [9.17, 15) is 14.7 Å². The first kappa shape index (κ1) is 17.0. The molecule has 5 fully saturated rings. The summed E-state index contributed by atoms with van der Waals surface area (Å²) in [5, 5.41) is 11.1. The zero-order valence-corrected chi connectivity index (χ0v) is 15.6. The molecular formula is C20H28O6. The van der Waals surface area contributed by atoms with E-state index in [2.05, 4.69) is 6.92 Å². The monoisotopic (exact) mass is 364 g/mol. The number of carbonyl (C=O) groups excluding carboxylic acids is 2. The molecule has 5 aliphatic rings. The van der Waals surface area contributed by atoms with Gasteiger partial charge in [-0.25, -0.2) is 4.79 Å². The number of hydrogen-bond acceptors (Lipinski definition) is 6. The van der Waals surface area contributed by atoms with E-state index in [0.29, 0.717) is 32.5 Å². The molecule has 0 aromatic rings. The second kappa shape index (κ2) is 5.02. The van der Waals surface area contributed by atoms with E-state index in [1.54, 1.807) is 0 Å². The number of cyclic esters (lactones) is 2. The zero-order valence-electron chi connectivity index (χ0n) is 15.6. The Labute approximate surface area is 153 Å². The molecule has 2 saturated carbocycles. The summed E-state index contributed by atoms with van der Waals surface area (Å²) in [5.74, 6) is -0.504. The van der Waals surface area contributed by atoms with Crippen molar-refractivity contribution in [3.8, 4) is 0 Å². The van der Waals surface area contributed by atoms with Crippen molar-refractivity contribution in [2.45, 2.75) is 76.1 Å². The van der Waals surface area contributed by atoms with E-state index in [1.807, 2.05) is 6.92 Å².